The summed E-state index contributed by atoms with van der Waals surface area (Å²) in [6.45, 7) is 3.64. The van der Waals surface area contributed by atoms with Crippen molar-refractivity contribution >= 4 is 6.29 Å². The van der Waals surface area contributed by atoms with Crippen LogP contribution in [0.1, 0.15) is 25.7 Å². The highest BCUT2D eigenvalue weighted by molar-refractivity contribution is 5.54. The van der Waals surface area contributed by atoms with Gasteiger partial charge in [0.05, 0.1) is 6.10 Å². The summed E-state index contributed by atoms with van der Waals surface area (Å²) in [6, 6.07) is 0. The predicted octanol–water partition coefficient (Wildman–Crippen LogP) is 1.54. The van der Waals surface area contributed by atoms with Crippen LogP contribution in [0.2, 0.25) is 0 Å². The second-order valence-corrected chi connectivity index (χ2v) is 3.51. The van der Waals surface area contributed by atoms with E-state index in [4.69, 9.17) is 0 Å². The van der Waals surface area contributed by atoms with Gasteiger partial charge in [-0.3, -0.25) is 0 Å². The molecule has 1 rings (SSSR count). The van der Waals surface area contributed by atoms with Gasteiger partial charge in [-0.25, -0.2) is 0 Å². The molecular formula is C10H16O2. The molecule has 1 aliphatic carbocycles. The normalized spacial score (nSPS) is 35.9. The SMILES string of the molecule is C=CCC1CCCC(C=O)C1O. The summed E-state index contributed by atoms with van der Waals surface area (Å²) in [7, 11) is 0. The second kappa shape index (κ2) is 4.41. The summed E-state index contributed by atoms with van der Waals surface area (Å²) in [5.41, 5.74) is 0. The van der Waals surface area contributed by atoms with Gasteiger partial charge in [0.1, 0.15) is 6.29 Å². The Hall–Kier alpha value is -0.630. The maximum atomic E-state index is 10.5. The second-order valence-electron chi connectivity index (χ2n) is 3.51. The van der Waals surface area contributed by atoms with Gasteiger partial charge in [0.25, 0.3) is 0 Å². The zero-order valence-corrected chi connectivity index (χ0v) is 7.28. The minimum Gasteiger partial charge on any atom is -0.392 e. The molecule has 0 aromatic heterocycles. The van der Waals surface area contributed by atoms with E-state index in [0.717, 1.165) is 32.0 Å². The quantitative estimate of drug-likeness (QED) is 0.512. The largest absolute Gasteiger partial charge is 0.392 e. The fourth-order valence-electron chi connectivity index (χ4n) is 1.93. The molecule has 0 heterocycles. The Bertz CT molecular complexity index is 165. The van der Waals surface area contributed by atoms with Gasteiger partial charge in [-0.1, -0.05) is 12.5 Å². The zero-order chi connectivity index (χ0) is 8.97. The van der Waals surface area contributed by atoms with Gasteiger partial charge in [-0.2, -0.15) is 0 Å². The van der Waals surface area contributed by atoms with Crippen LogP contribution in [-0.2, 0) is 4.79 Å². The minimum absolute atomic E-state index is 0.135. The van der Waals surface area contributed by atoms with Crippen LogP contribution in [0.15, 0.2) is 12.7 Å². The van der Waals surface area contributed by atoms with Gasteiger partial charge >= 0.3 is 0 Å². The Morgan fingerprint density at radius 2 is 2.25 bits per heavy atom. The van der Waals surface area contributed by atoms with Crippen molar-refractivity contribution in [1.82, 2.24) is 0 Å². The van der Waals surface area contributed by atoms with E-state index in [1.807, 2.05) is 6.08 Å². The summed E-state index contributed by atoms with van der Waals surface area (Å²) >= 11 is 0. The third kappa shape index (κ3) is 1.95. The number of allylic oxidation sites excluding steroid dienone is 1. The lowest BCUT2D eigenvalue weighted by atomic mass is 9.78. The summed E-state index contributed by atoms with van der Waals surface area (Å²) in [4.78, 5) is 10.5. The highest BCUT2D eigenvalue weighted by Gasteiger charge is 2.30. The molecule has 0 bridgehead atoms. The van der Waals surface area contributed by atoms with Crippen molar-refractivity contribution in [2.75, 3.05) is 0 Å². The molecule has 0 aromatic rings. The number of aliphatic hydroxyl groups is 1. The van der Waals surface area contributed by atoms with E-state index in [-0.39, 0.29) is 11.8 Å². The Kier molecular flexibility index (Phi) is 3.48. The van der Waals surface area contributed by atoms with Gasteiger partial charge in [-0.15, -0.1) is 6.58 Å². The molecule has 68 valence electrons. The van der Waals surface area contributed by atoms with Crippen molar-refractivity contribution < 1.29 is 9.90 Å². The first-order valence-electron chi connectivity index (χ1n) is 4.54. The van der Waals surface area contributed by atoms with Gasteiger partial charge in [0, 0.05) is 5.92 Å². The zero-order valence-electron chi connectivity index (χ0n) is 7.28. The molecule has 0 amide bonds. The summed E-state index contributed by atoms with van der Waals surface area (Å²) in [5, 5.41) is 9.68. The lowest BCUT2D eigenvalue weighted by molar-refractivity contribution is -0.117. The van der Waals surface area contributed by atoms with Crippen molar-refractivity contribution in [3.8, 4) is 0 Å². The molecule has 2 nitrogen and oxygen atoms in total. The Morgan fingerprint density at radius 1 is 1.50 bits per heavy atom. The van der Waals surface area contributed by atoms with Crippen LogP contribution in [0.3, 0.4) is 0 Å². The van der Waals surface area contributed by atoms with Crippen molar-refractivity contribution in [1.29, 1.82) is 0 Å². The van der Waals surface area contributed by atoms with Crippen LogP contribution in [0, 0.1) is 11.8 Å². The number of hydrogen-bond donors (Lipinski definition) is 1. The van der Waals surface area contributed by atoms with Crippen molar-refractivity contribution in [3.05, 3.63) is 12.7 Å². The van der Waals surface area contributed by atoms with E-state index in [2.05, 4.69) is 6.58 Å². The standard InChI is InChI=1S/C10H16O2/c1-2-4-8-5-3-6-9(7-11)10(8)12/h2,7-10,12H,1,3-6H2. The molecule has 3 atom stereocenters. The van der Waals surface area contributed by atoms with E-state index in [1.54, 1.807) is 0 Å². The van der Waals surface area contributed by atoms with E-state index in [9.17, 15) is 9.90 Å². The van der Waals surface area contributed by atoms with Crippen LogP contribution in [0.4, 0.5) is 0 Å². The fourth-order valence-corrected chi connectivity index (χ4v) is 1.93. The predicted molar refractivity (Wildman–Crippen MR) is 47.7 cm³/mol. The van der Waals surface area contributed by atoms with Gasteiger partial charge < -0.3 is 9.90 Å². The third-order valence-electron chi connectivity index (χ3n) is 2.68. The molecule has 0 aromatic carbocycles. The summed E-state index contributed by atoms with van der Waals surface area (Å²) in [5.74, 6) is 0.121. The number of hydrogen-bond acceptors (Lipinski definition) is 2. The molecule has 1 saturated carbocycles. The van der Waals surface area contributed by atoms with Crippen LogP contribution in [0.25, 0.3) is 0 Å². The van der Waals surface area contributed by atoms with E-state index in [0.29, 0.717) is 0 Å². The Morgan fingerprint density at radius 3 is 2.83 bits per heavy atom. The molecule has 1 fully saturated rings. The number of aldehydes is 1. The molecule has 0 saturated heterocycles. The average molecular weight is 168 g/mol. The highest BCUT2D eigenvalue weighted by atomic mass is 16.3. The lowest BCUT2D eigenvalue weighted by Crippen LogP contribution is -2.33. The molecule has 3 unspecified atom stereocenters. The maximum Gasteiger partial charge on any atom is 0.125 e. The Balaban J connectivity index is 2.52. The van der Waals surface area contributed by atoms with E-state index < -0.39 is 6.10 Å². The number of aliphatic hydroxyl groups excluding tert-OH is 1. The van der Waals surface area contributed by atoms with E-state index >= 15 is 0 Å². The first kappa shape index (κ1) is 9.46. The topological polar surface area (TPSA) is 37.3 Å². The number of rotatable bonds is 3. The Labute approximate surface area is 73.3 Å². The van der Waals surface area contributed by atoms with Gasteiger partial charge in [-0.05, 0) is 25.2 Å². The van der Waals surface area contributed by atoms with Crippen LogP contribution < -0.4 is 0 Å². The smallest absolute Gasteiger partial charge is 0.125 e. The first-order chi connectivity index (χ1) is 5.79. The van der Waals surface area contributed by atoms with E-state index in [1.165, 1.54) is 0 Å². The molecule has 2 heteroatoms. The molecule has 12 heavy (non-hydrogen) atoms. The highest BCUT2D eigenvalue weighted by Crippen LogP contribution is 2.30. The van der Waals surface area contributed by atoms with Crippen LogP contribution in [0.5, 0.6) is 0 Å². The first-order valence-corrected chi connectivity index (χ1v) is 4.54. The molecule has 1 N–H and O–H groups in total. The number of carbonyl (C=O) groups excluding carboxylic acids is 1. The van der Waals surface area contributed by atoms with Crippen molar-refractivity contribution in [3.63, 3.8) is 0 Å². The summed E-state index contributed by atoms with van der Waals surface area (Å²) < 4.78 is 0. The number of carbonyl (C=O) groups is 1. The van der Waals surface area contributed by atoms with Crippen LogP contribution >= 0.6 is 0 Å². The molecule has 0 aliphatic heterocycles. The maximum absolute atomic E-state index is 10.5. The molecular weight excluding hydrogens is 152 g/mol. The van der Waals surface area contributed by atoms with Crippen molar-refractivity contribution in [2.24, 2.45) is 11.8 Å². The summed E-state index contributed by atoms with van der Waals surface area (Å²) in [6.07, 6.45) is 6.02. The monoisotopic (exact) mass is 168 g/mol. The van der Waals surface area contributed by atoms with Gasteiger partial charge in [0.15, 0.2) is 0 Å². The van der Waals surface area contributed by atoms with Crippen LogP contribution in [-0.4, -0.2) is 17.5 Å². The average Bonchev–Trinajstić information content (AvgIpc) is 2.09. The molecule has 0 spiro atoms. The third-order valence-corrected chi connectivity index (χ3v) is 2.68. The lowest BCUT2D eigenvalue weighted by Gasteiger charge is -2.31. The minimum atomic E-state index is -0.436. The molecule has 0 radical (unpaired) electrons. The van der Waals surface area contributed by atoms with Crippen molar-refractivity contribution in [2.45, 2.75) is 31.8 Å². The molecule has 1 aliphatic rings. The fraction of sp³-hybridized carbons (Fsp3) is 0.700. The van der Waals surface area contributed by atoms with Gasteiger partial charge in [0.2, 0.25) is 0 Å².